The number of rotatable bonds is 7. The van der Waals surface area contributed by atoms with Gasteiger partial charge in [0.05, 0.1) is 20.3 Å². The monoisotopic (exact) mass is 228 g/mol. The van der Waals surface area contributed by atoms with Crippen LogP contribution in [-0.2, 0) is 0 Å². The first-order valence-electron chi connectivity index (χ1n) is 4.96. The van der Waals surface area contributed by atoms with Gasteiger partial charge in [-0.15, -0.1) is 0 Å². The minimum atomic E-state index is -0.0515. The van der Waals surface area contributed by atoms with Gasteiger partial charge < -0.3 is 24.4 Å². The van der Waals surface area contributed by atoms with E-state index in [-0.39, 0.29) is 26.4 Å². The van der Waals surface area contributed by atoms with Crippen LogP contribution in [0.15, 0.2) is 18.2 Å². The van der Waals surface area contributed by atoms with E-state index in [0.29, 0.717) is 17.2 Å². The molecule has 16 heavy (non-hydrogen) atoms. The van der Waals surface area contributed by atoms with Crippen LogP contribution in [0.1, 0.15) is 0 Å². The van der Waals surface area contributed by atoms with Crippen LogP contribution in [0.3, 0.4) is 0 Å². The first-order chi connectivity index (χ1) is 7.80. The Hall–Kier alpha value is -1.46. The molecule has 1 aromatic rings. The fourth-order valence-electron chi connectivity index (χ4n) is 1.16. The van der Waals surface area contributed by atoms with Gasteiger partial charge in [-0.2, -0.15) is 0 Å². The van der Waals surface area contributed by atoms with Crippen molar-refractivity contribution in [3.8, 4) is 17.2 Å². The Labute approximate surface area is 94.2 Å². The van der Waals surface area contributed by atoms with Crippen molar-refractivity contribution < 1.29 is 24.4 Å². The minimum absolute atomic E-state index is 0.0515. The second-order valence-electron chi connectivity index (χ2n) is 2.99. The van der Waals surface area contributed by atoms with Crippen LogP contribution >= 0.6 is 0 Å². The van der Waals surface area contributed by atoms with E-state index in [1.165, 1.54) is 0 Å². The SMILES string of the molecule is COc1cc(OCCO)cc(OCCO)c1. The van der Waals surface area contributed by atoms with Crippen LogP contribution in [0.2, 0.25) is 0 Å². The summed E-state index contributed by atoms with van der Waals surface area (Å²) in [4.78, 5) is 0. The highest BCUT2D eigenvalue weighted by molar-refractivity contribution is 5.42. The maximum atomic E-state index is 8.64. The van der Waals surface area contributed by atoms with Gasteiger partial charge in [-0.1, -0.05) is 0 Å². The molecule has 0 unspecified atom stereocenters. The quantitative estimate of drug-likeness (QED) is 0.708. The van der Waals surface area contributed by atoms with Gasteiger partial charge in [0.1, 0.15) is 30.5 Å². The highest BCUT2D eigenvalue weighted by Gasteiger charge is 2.03. The standard InChI is InChI=1S/C11H16O5/c1-14-9-6-10(15-4-2-12)8-11(7-9)16-5-3-13/h6-8,12-13H,2-5H2,1H3. The second kappa shape index (κ2) is 6.92. The van der Waals surface area contributed by atoms with Gasteiger partial charge in [0.15, 0.2) is 0 Å². The molecule has 0 aliphatic carbocycles. The molecule has 0 aliphatic rings. The lowest BCUT2D eigenvalue weighted by Crippen LogP contribution is -2.04. The third-order valence-electron chi connectivity index (χ3n) is 1.81. The van der Waals surface area contributed by atoms with Crippen molar-refractivity contribution in [3.05, 3.63) is 18.2 Å². The summed E-state index contributed by atoms with van der Waals surface area (Å²) in [5, 5.41) is 17.3. The summed E-state index contributed by atoms with van der Waals surface area (Å²) in [6, 6.07) is 5.07. The van der Waals surface area contributed by atoms with Crippen LogP contribution < -0.4 is 14.2 Å². The molecule has 1 rings (SSSR count). The Kier molecular flexibility index (Phi) is 5.45. The predicted molar refractivity (Wildman–Crippen MR) is 58.2 cm³/mol. The molecule has 0 bridgehead atoms. The Bertz CT molecular complexity index is 287. The fourth-order valence-corrected chi connectivity index (χ4v) is 1.16. The molecule has 0 saturated heterocycles. The highest BCUT2D eigenvalue weighted by Crippen LogP contribution is 2.27. The zero-order valence-electron chi connectivity index (χ0n) is 9.18. The van der Waals surface area contributed by atoms with Gasteiger partial charge in [0.2, 0.25) is 0 Å². The third-order valence-corrected chi connectivity index (χ3v) is 1.81. The first-order valence-corrected chi connectivity index (χ1v) is 4.96. The van der Waals surface area contributed by atoms with E-state index in [0.717, 1.165) is 0 Å². The van der Waals surface area contributed by atoms with E-state index in [9.17, 15) is 0 Å². The molecule has 0 aromatic heterocycles. The van der Waals surface area contributed by atoms with Gasteiger partial charge in [0.25, 0.3) is 0 Å². The number of benzene rings is 1. The zero-order valence-corrected chi connectivity index (χ0v) is 9.18. The third kappa shape index (κ3) is 3.96. The van der Waals surface area contributed by atoms with E-state index < -0.39 is 0 Å². The molecule has 2 N–H and O–H groups in total. The molecule has 0 heterocycles. The van der Waals surface area contributed by atoms with E-state index >= 15 is 0 Å². The zero-order chi connectivity index (χ0) is 11.8. The maximum absolute atomic E-state index is 8.64. The van der Waals surface area contributed by atoms with Crippen LogP contribution in [-0.4, -0.2) is 43.8 Å². The summed E-state index contributed by atoms with van der Waals surface area (Å²) >= 11 is 0. The topological polar surface area (TPSA) is 68.2 Å². The Morgan fingerprint density at radius 3 is 1.69 bits per heavy atom. The molecule has 0 atom stereocenters. The molecule has 1 aromatic carbocycles. The minimum Gasteiger partial charge on any atom is -0.496 e. The lowest BCUT2D eigenvalue weighted by Gasteiger charge is -2.10. The van der Waals surface area contributed by atoms with E-state index in [4.69, 9.17) is 24.4 Å². The molecule has 0 fully saturated rings. The summed E-state index contributed by atoms with van der Waals surface area (Å²) in [7, 11) is 1.54. The van der Waals surface area contributed by atoms with E-state index in [1.807, 2.05) is 0 Å². The predicted octanol–water partition coefficient (Wildman–Crippen LogP) is 0.437. The van der Waals surface area contributed by atoms with E-state index in [2.05, 4.69) is 0 Å². The summed E-state index contributed by atoms with van der Waals surface area (Å²) in [5.74, 6) is 1.71. The molecule has 0 saturated carbocycles. The molecule has 0 aliphatic heterocycles. The van der Waals surface area contributed by atoms with Crippen LogP contribution in [0.25, 0.3) is 0 Å². The molecule has 5 nitrogen and oxygen atoms in total. The van der Waals surface area contributed by atoms with E-state index in [1.54, 1.807) is 25.3 Å². The van der Waals surface area contributed by atoms with Crippen LogP contribution in [0, 0.1) is 0 Å². The van der Waals surface area contributed by atoms with Gasteiger partial charge in [-0.05, 0) is 0 Å². The Morgan fingerprint density at radius 1 is 0.875 bits per heavy atom. The number of aliphatic hydroxyl groups is 2. The average molecular weight is 228 g/mol. The summed E-state index contributed by atoms with van der Waals surface area (Å²) < 4.78 is 15.6. The van der Waals surface area contributed by atoms with Crippen molar-refractivity contribution in [1.29, 1.82) is 0 Å². The summed E-state index contributed by atoms with van der Waals surface area (Å²) in [6.07, 6.45) is 0. The van der Waals surface area contributed by atoms with Crippen molar-refractivity contribution in [2.75, 3.05) is 33.5 Å². The number of hydrogen-bond acceptors (Lipinski definition) is 5. The number of methoxy groups -OCH3 is 1. The molecular weight excluding hydrogens is 212 g/mol. The lowest BCUT2D eigenvalue weighted by molar-refractivity contribution is 0.194. The Balaban J connectivity index is 2.74. The molecule has 5 heteroatoms. The first kappa shape index (κ1) is 12.6. The lowest BCUT2D eigenvalue weighted by atomic mass is 10.3. The number of hydrogen-bond donors (Lipinski definition) is 2. The second-order valence-corrected chi connectivity index (χ2v) is 2.99. The van der Waals surface area contributed by atoms with Crippen molar-refractivity contribution in [3.63, 3.8) is 0 Å². The number of aliphatic hydroxyl groups excluding tert-OH is 2. The fraction of sp³-hybridized carbons (Fsp3) is 0.455. The largest absolute Gasteiger partial charge is 0.496 e. The molecule has 0 radical (unpaired) electrons. The molecular formula is C11H16O5. The van der Waals surface area contributed by atoms with Gasteiger partial charge in [0, 0.05) is 18.2 Å². The normalized spacial score (nSPS) is 9.94. The highest BCUT2D eigenvalue weighted by atomic mass is 16.5. The number of ether oxygens (including phenoxy) is 3. The van der Waals surface area contributed by atoms with Gasteiger partial charge in [-0.25, -0.2) is 0 Å². The Morgan fingerprint density at radius 2 is 1.31 bits per heavy atom. The molecule has 0 spiro atoms. The summed E-state index contributed by atoms with van der Waals surface area (Å²) in [5.41, 5.74) is 0. The smallest absolute Gasteiger partial charge is 0.126 e. The van der Waals surface area contributed by atoms with Gasteiger partial charge >= 0.3 is 0 Å². The van der Waals surface area contributed by atoms with Crippen molar-refractivity contribution in [1.82, 2.24) is 0 Å². The van der Waals surface area contributed by atoms with Crippen LogP contribution in [0.4, 0.5) is 0 Å². The van der Waals surface area contributed by atoms with Crippen molar-refractivity contribution in [2.45, 2.75) is 0 Å². The maximum Gasteiger partial charge on any atom is 0.126 e. The van der Waals surface area contributed by atoms with Gasteiger partial charge in [-0.3, -0.25) is 0 Å². The van der Waals surface area contributed by atoms with Crippen molar-refractivity contribution >= 4 is 0 Å². The molecule has 90 valence electrons. The average Bonchev–Trinajstić information content (AvgIpc) is 2.33. The summed E-state index contributed by atoms with van der Waals surface area (Å²) in [6.45, 7) is 0.327. The van der Waals surface area contributed by atoms with Crippen LogP contribution in [0.5, 0.6) is 17.2 Å². The van der Waals surface area contributed by atoms with Crippen molar-refractivity contribution in [2.24, 2.45) is 0 Å². The molecule has 0 amide bonds.